The molecule has 1 rings (SSSR count). The van der Waals surface area contributed by atoms with Gasteiger partial charge in [0.25, 0.3) is 0 Å². The molecule has 0 aliphatic heterocycles. The molecule has 1 atom stereocenters. The van der Waals surface area contributed by atoms with E-state index in [2.05, 4.69) is 0 Å². The minimum atomic E-state index is -0.944. The van der Waals surface area contributed by atoms with Crippen molar-refractivity contribution in [2.45, 2.75) is 19.0 Å². The first-order valence-corrected chi connectivity index (χ1v) is 6.30. The van der Waals surface area contributed by atoms with Crippen LogP contribution in [0.4, 0.5) is 0 Å². The fraction of sp³-hybridized carbons (Fsp3) is 0.333. The van der Waals surface area contributed by atoms with Gasteiger partial charge in [0.05, 0.1) is 22.5 Å². The molecule has 0 radical (unpaired) electrons. The zero-order chi connectivity index (χ0) is 14.6. The Morgan fingerprint density at radius 3 is 2.58 bits per heavy atom. The number of nitrogens with zero attached hydrogens (tertiary/aromatic N) is 1. The van der Waals surface area contributed by atoms with Crippen LogP contribution in [-0.2, 0) is 16.1 Å². The topological polar surface area (TPSA) is 89.4 Å². The zero-order valence-corrected chi connectivity index (χ0v) is 11.9. The summed E-state index contributed by atoms with van der Waals surface area (Å²) in [6, 6.07) is 4.22. The SMILES string of the molecule is CN(Cc1cccc(Cl)c1Cl)C(=O)C(N)CC(N)=O. The molecule has 1 unspecified atom stereocenters. The van der Waals surface area contributed by atoms with Crippen molar-refractivity contribution in [3.63, 3.8) is 0 Å². The molecule has 5 nitrogen and oxygen atoms in total. The second-order valence-corrected chi connectivity index (χ2v) is 4.97. The van der Waals surface area contributed by atoms with Gasteiger partial charge in [-0.05, 0) is 11.6 Å². The Hall–Kier alpha value is -1.30. The summed E-state index contributed by atoms with van der Waals surface area (Å²) in [5.41, 5.74) is 11.3. The molecule has 0 heterocycles. The maximum absolute atomic E-state index is 11.9. The molecule has 0 spiro atoms. The van der Waals surface area contributed by atoms with Crippen LogP contribution >= 0.6 is 23.2 Å². The minimum Gasteiger partial charge on any atom is -0.370 e. The number of hydrogen-bond acceptors (Lipinski definition) is 3. The quantitative estimate of drug-likeness (QED) is 0.855. The molecule has 104 valence electrons. The fourth-order valence-electron chi connectivity index (χ4n) is 1.59. The number of halogens is 2. The molecule has 1 aromatic rings. The molecule has 0 fully saturated rings. The highest BCUT2D eigenvalue weighted by molar-refractivity contribution is 6.42. The standard InChI is InChI=1S/C12H15Cl2N3O2/c1-17(12(19)9(15)5-10(16)18)6-7-3-2-4-8(13)11(7)14/h2-4,9H,5-6,15H2,1H3,(H2,16,18). The lowest BCUT2D eigenvalue weighted by Crippen LogP contribution is -2.43. The molecule has 4 N–H and O–H groups in total. The van der Waals surface area contributed by atoms with Gasteiger partial charge in [-0.15, -0.1) is 0 Å². The van der Waals surface area contributed by atoms with Crippen LogP contribution in [-0.4, -0.2) is 29.8 Å². The van der Waals surface area contributed by atoms with Crippen molar-refractivity contribution in [1.82, 2.24) is 4.90 Å². The van der Waals surface area contributed by atoms with Crippen molar-refractivity contribution in [2.24, 2.45) is 11.5 Å². The van der Waals surface area contributed by atoms with E-state index in [-0.39, 0.29) is 18.9 Å². The van der Waals surface area contributed by atoms with E-state index in [4.69, 9.17) is 34.7 Å². The second kappa shape index (κ2) is 6.75. The van der Waals surface area contributed by atoms with E-state index in [1.807, 2.05) is 0 Å². The van der Waals surface area contributed by atoms with Gasteiger partial charge in [0, 0.05) is 13.6 Å². The van der Waals surface area contributed by atoms with E-state index < -0.39 is 11.9 Å². The second-order valence-electron chi connectivity index (χ2n) is 4.18. The third-order valence-corrected chi connectivity index (χ3v) is 3.41. The lowest BCUT2D eigenvalue weighted by atomic mass is 10.1. The van der Waals surface area contributed by atoms with Gasteiger partial charge < -0.3 is 16.4 Å². The van der Waals surface area contributed by atoms with Crippen molar-refractivity contribution >= 4 is 35.0 Å². The lowest BCUT2D eigenvalue weighted by Gasteiger charge is -2.21. The molecule has 0 aliphatic carbocycles. The van der Waals surface area contributed by atoms with E-state index in [0.717, 1.165) is 0 Å². The van der Waals surface area contributed by atoms with E-state index in [1.165, 1.54) is 4.90 Å². The van der Waals surface area contributed by atoms with Crippen molar-refractivity contribution in [3.05, 3.63) is 33.8 Å². The fourth-order valence-corrected chi connectivity index (χ4v) is 1.97. The lowest BCUT2D eigenvalue weighted by molar-refractivity contribution is -0.133. The largest absolute Gasteiger partial charge is 0.370 e. The van der Waals surface area contributed by atoms with Crippen LogP contribution in [0.3, 0.4) is 0 Å². The highest BCUT2D eigenvalue weighted by Gasteiger charge is 2.20. The summed E-state index contributed by atoms with van der Waals surface area (Å²) >= 11 is 11.9. The Morgan fingerprint density at radius 2 is 2.00 bits per heavy atom. The number of benzene rings is 1. The number of hydrogen-bond donors (Lipinski definition) is 2. The van der Waals surface area contributed by atoms with E-state index >= 15 is 0 Å². The van der Waals surface area contributed by atoms with E-state index in [1.54, 1.807) is 25.2 Å². The summed E-state index contributed by atoms with van der Waals surface area (Å²) < 4.78 is 0. The first kappa shape index (κ1) is 15.8. The molecule has 19 heavy (non-hydrogen) atoms. The van der Waals surface area contributed by atoms with Crippen molar-refractivity contribution in [3.8, 4) is 0 Å². The van der Waals surface area contributed by atoms with Crippen molar-refractivity contribution in [2.75, 3.05) is 7.05 Å². The van der Waals surface area contributed by atoms with Gasteiger partial charge in [0.15, 0.2) is 0 Å². The van der Waals surface area contributed by atoms with Crippen LogP contribution in [0.25, 0.3) is 0 Å². The summed E-state index contributed by atoms with van der Waals surface area (Å²) in [5.74, 6) is -0.995. The molecule has 0 aliphatic rings. The molecule has 7 heteroatoms. The van der Waals surface area contributed by atoms with Crippen LogP contribution in [0, 0.1) is 0 Å². The number of rotatable bonds is 5. The van der Waals surface area contributed by atoms with Gasteiger partial charge >= 0.3 is 0 Å². The van der Waals surface area contributed by atoms with E-state index in [9.17, 15) is 9.59 Å². The van der Waals surface area contributed by atoms with Gasteiger partial charge in [-0.3, -0.25) is 9.59 Å². The smallest absolute Gasteiger partial charge is 0.240 e. The Kier molecular flexibility index (Phi) is 5.60. The van der Waals surface area contributed by atoms with Gasteiger partial charge in [-0.2, -0.15) is 0 Å². The molecule has 1 aromatic carbocycles. The van der Waals surface area contributed by atoms with Gasteiger partial charge in [0.1, 0.15) is 0 Å². The number of likely N-dealkylation sites (N-methyl/N-ethyl adjacent to an activating group) is 1. The molecule has 0 saturated heterocycles. The Bertz CT molecular complexity index is 494. The summed E-state index contributed by atoms with van der Waals surface area (Å²) in [4.78, 5) is 24.0. The van der Waals surface area contributed by atoms with Crippen LogP contribution in [0.5, 0.6) is 0 Å². The maximum atomic E-state index is 11.9. The molecule has 2 amide bonds. The highest BCUT2D eigenvalue weighted by atomic mass is 35.5. The minimum absolute atomic E-state index is 0.188. The average Bonchev–Trinajstić information content (AvgIpc) is 2.33. The number of nitrogens with two attached hydrogens (primary N) is 2. The number of carbonyl (C=O) groups is 2. The third-order valence-electron chi connectivity index (χ3n) is 2.55. The molecular formula is C12H15Cl2N3O2. The van der Waals surface area contributed by atoms with E-state index in [0.29, 0.717) is 15.6 Å². The first-order valence-electron chi connectivity index (χ1n) is 5.54. The monoisotopic (exact) mass is 303 g/mol. The number of amides is 2. The zero-order valence-electron chi connectivity index (χ0n) is 10.4. The normalized spacial score (nSPS) is 12.0. The van der Waals surface area contributed by atoms with Crippen LogP contribution in [0.2, 0.25) is 10.0 Å². The van der Waals surface area contributed by atoms with Gasteiger partial charge in [-0.1, -0.05) is 35.3 Å². The molecular weight excluding hydrogens is 289 g/mol. The predicted octanol–water partition coefficient (Wildman–Crippen LogP) is 1.15. The summed E-state index contributed by atoms with van der Waals surface area (Å²) in [6.45, 7) is 0.255. The summed E-state index contributed by atoms with van der Waals surface area (Å²) in [7, 11) is 1.57. The van der Waals surface area contributed by atoms with Crippen molar-refractivity contribution in [1.29, 1.82) is 0 Å². The van der Waals surface area contributed by atoms with Gasteiger partial charge in [-0.25, -0.2) is 0 Å². The Labute approximate surface area is 121 Å². The number of carbonyl (C=O) groups excluding carboxylic acids is 2. The van der Waals surface area contributed by atoms with Crippen LogP contribution < -0.4 is 11.5 Å². The van der Waals surface area contributed by atoms with Crippen LogP contribution in [0.15, 0.2) is 18.2 Å². The average molecular weight is 304 g/mol. The third kappa shape index (κ3) is 4.38. The number of primary amides is 1. The molecule has 0 bridgehead atoms. The first-order chi connectivity index (χ1) is 8.82. The molecule has 0 saturated carbocycles. The predicted molar refractivity (Wildman–Crippen MR) is 74.7 cm³/mol. The molecule has 0 aromatic heterocycles. The Balaban J connectivity index is 2.74. The summed E-state index contributed by atoms with van der Waals surface area (Å²) in [5, 5.41) is 0.814. The van der Waals surface area contributed by atoms with Crippen LogP contribution in [0.1, 0.15) is 12.0 Å². The maximum Gasteiger partial charge on any atom is 0.240 e. The van der Waals surface area contributed by atoms with Gasteiger partial charge in [0.2, 0.25) is 11.8 Å². The Morgan fingerprint density at radius 1 is 1.37 bits per heavy atom. The highest BCUT2D eigenvalue weighted by Crippen LogP contribution is 2.26. The summed E-state index contributed by atoms with van der Waals surface area (Å²) in [6.07, 6.45) is -0.188. The van der Waals surface area contributed by atoms with Crippen molar-refractivity contribution < 1.29 is 9.59 Å².